The average Bonchev–Trinajstić information content (AvgIpc) is 2.27. The summed E-state index contributed by atoms with van der Waals surface area (Å²) in [6, 6.07) is -0.873. The average molecular weight is 263 g/mol. The first-order valence-corrected chi connectivity index (χ1v) is 5.91. The Morgan fingerprint density at radius 2 is 2.00 bits per heavy atom. The summed E-state index contributed by atoms with van der Waals surface area (Å²) in [6.07, 6.45) is -4.58. The molecule has 0 bridgehead atoms. The summed E-state index contributed by atoms with van der Waals surface area (Å²) < 4.78 is 10.8. The molecular formula is C11H21NO6. The van der Waals surface area contributed by atoms with Crippen molar-refractivity contribution in [2.24, 2.45) is 0 Å². The molecule has 1 fully saturated rings. The molecule has 1 amide bonds. The monoisotopic (exact) mass is 263 g/mol. The highest BCUT2D eigenvalue weighted by Crippen LogP contribution is 2.22. The number of carbonyl (C=O) groups is 1. The Balaban J connectivity index is 2.83. The predicted molar refractivity (Wildman–Crippen MR) is 61.6 cm³/mol. The summed E-state index contributed by atoms with van der Waals surface area (Å²) in [5.74, 6) is -0.366. The fourth-order valence-corrected chi connectivity index (χ4v) is 1.85. The zero-order valence-electron chi connectivity index (χ0n) is 10.7. The fourth-order valence-electron chi connectivity index (χ4n) is 1.85. The largest absolute Gasteiger partial charge is 0.394 e. The summed E-state index contributed by atoms with van der Waals surface area (Å²) in [5, 5.41) is 31.2. The van der Waals surface area contributed by atoms with Gasteiger partial charge in [-0.25, -0.2) is 0 Å². The highest BCUT2D eigenvalue weighted by Gasteiger charge is 2.45. The van der Waals surface area contributed by atoms with Crippen LogP contribution in [0.3, 0.4) is 0 Å². The number of hydrogen-bond acceptors (Lipinski definition) is 6. The van der Waals surface area contributed by atoms with E-state index in [1.807, 2.05) is 0 Å². The molecule has 7 heteroatoms. The van der Waals surface area contributed by atoms with E-state index in [0.29, 0.717) is 0 Å². The van der Waals surface area contributed by atoms with Gasteiger partial charge in [0.25, 0.3) is 0 Å². The number of carbonyl (C=O) groups excluding carboxylic acids is 1. The van der Waals surface area contributed by atoms with E-state index < -0.39 is 37.3 Å². The van der Waals surface area contributed by atoms with Crippen molar-refractivity contribution in [1.29, 1.82) is 0 Å². The van der Waals surface area contributed by atoms with Gasteiger partial charge in [0.2, 0.25) is 5.91 Å². The first-order valence-electron chi connectivity index (χ1n) is 5.91. The molecule has 0 saturated carbocycles. The van der Waals surface area contributed by atoms with E-state index in [2.05, 4.69) is 5.32 Å². The standard InChI is InChI=1S/C11H21NO6/c1-5(2)17-11-8(12-6(3)14)10(16)9(15)7(4-13)18-11/h5,7-11,13,15-16H,4H2,1-3H3,(H,12,14)/t7-,8-,9+,10-,11-/m1/s1. The minimum absolute atomic E-state index is 0.187. The molecule has 0 radical (unpaired) electrons. The summed E-state index contributed by atoms with van der Waals surface area (Å²) in [6.45, 7) is 4.41. The molecule has 7 nitrogen and oxygen atoms in total. The zero-order chi connectivity index (χ0) is 13.9. The SMILES string of the molecule is CC(=O)N[C@H]1[C@H](OC(C)C)O[C@H](CO)[C@H](O)[C@@H]1O. The molecule has 0 unspecified atom stereocenters. The Morgan fingerprint density at radius 3 is 2.44 bits per heavy atom. The van der Waals surface area contributed by atoms with Gasteiger partial charge in [-0.05, 0) is 13.8 Å². The van der Waals surface area contributed by atoms with Crippen molar-refractivity contribution in [2.75, 3.05) is 6.61 Å². The third kappa shape index (κ3) is 3.63. The lowest BCUT2D eigenvalue weighted by atomic mass is 9.97. The van der Waals surface area contributed by atoms with Crippen molar-refractivity contribution in [3.8, 4) is 0 Å². The lowest BCUT2D eigenvalue weighted by molar-refractivity contribution is -0.278. The summed E-state index contributed by atoms with van der Waals surface area (Å²) in [5.41, 5.74) is 0. The highest BCUT2D eigenvalue weighted by molar-refractivity contribution is 5.73. The molecule has 1 heterocycles. The van der Waals surface area contributed by atoms with Crippen LogP contribution in [0.1, 0.15) is 20.8 Å². The minimum Gasteiger partial charge on any atom is -0.394 e. The van der Waals surface area contributed by atoms with Crippen molar-refractivity contribution in [3.05, 3.63) is 0 Å². The van der Waals surface area contributed by atoms with Gasteiger partial charge in [0.15, 0.2) is 6.29 Å². The van der Waals surface area contributed by atoms with Crippen LogP contribution in [-0.2, 0) is 14.3 Å². The van der Waals surface area contributed by atoms with E-state index in [9.17, 15) is 15.0 Å². The van der Waals surface area contributed by atoms with Gasteiger partial charge >= 0.3 is 0 Å². The van der Waals surface area contributed by atoms with Gasteiger partial charge in [0, 0.05) is 6.92 Å². The Bertz CT molecular complexity index is 285. The third-order valence-electron chi connectivity index (χ3n) is 2.66. The van der Waals surface area contributed by atoms with E-state index >= 15 is 0 Å². The van der Waals surface area contributed by atoms with E-state index in [1.54, 1.807) is 13.8 Å². The Hall–Kier alpha value is -0.730. The number of ether oxygens (including phenoxy) is 2. The van der Waals surface area contributed by atoms with Crippen LogP contribution in [0.15, 0.2) is 0 Å². The van der Waals surface area contributed by atoms with Crippen molar-refractivity contribution in [2.45, 2.75) is 57.5 Å². The van der Waals surface area contributed by atoms with Crippen LogP contribution in [-0.4, -0.2) is 64.6 Å². The van der Waals surface area contributed by atoms with Gasteiger partial charge in [0.1, 0.15) is 24.4 Å². The normalized spacial score (nSPS) is 36.7. The van der Waals surface area contributed by atoms with Crippen LogP contribution in [0.4, 0.5) is 0 Å². The maximum absolute atomic E-state index is 11.1. The first kappa shape index (κ1) is 15.3. The number of amides is 1. The molecule has 0 aromatic carbocycles. The smallest absolute Gasteiger partial charge is 0.217 e. The Morgan fingerprint density at radius 1 is 1.39 bits per heavy atom. The summed E-state index contributed by atoms with van der Waals surface area (Å²) in [7, 11) is 0. The Kier molecular flexibility index (Phi) is 5.48. The van der Waals surface area contributed by atoms with Gasteiger partial charge in [-0.1, -0.05) is 0 Å². The maximum atomic E-state index is 11.1. The van der Waals surface area contributed by atoms with E-state index in [-0.39, 0.29) is 12.0 Å². The molecule has 18 heavy (non-hydrogen) atoms. The molecule has 5 atom stereocenters. The molecule has 1 rings (SSSR count). The van der Waals surface area contributed by atoms with Gasteiger partial charge < -0.3 is 30.1 Å². The number of nitrogens with one attached hydrogen (secondary N) is 1. The third-order valence-corrected chi connectivity index (χ3v) is 2.66. The van der Waals surface area contributed by atoms with Crippen LogP contribution in [0.25, 0.3) is 0 Å². The lowest BCUT2D eigenvalue weighted by Crippen LogP contribution is -2.64. The number of aliphatic hydroxyl groups is 3. The van der Waals surface area contributed by atoms with E-state index in [0.717, 1.165) is 0 Å². The van der Waals surface area contributed by atoms with Crippen LogP contribution in [0.2, 0.25) is 0 Å². The topological polar surface area (TPSA) is 108 Å². The quantitative estimate of drug-likeness (QED) is 0.484. The van der Waals surface area contributed by atoms with Crippen molar-refractivity contribution < 1.29 is 29.6 Å². The van der Waals surface area contributed by atoms with Crippen molar-refractivity contribution >= 4 is 5.91 Å². The number of hydrogen-bond donors (Lipinski definition) is 4. The van der Waals surface area contributed by atoms with Crippen LogP contribution in [0, 0.1) is 0 Å². The highest BCUT2D eigenvalue weighted by atomic mass is 16.7. The second-order valence-electron chi connectivity index (χ2n) is 4.62. The minimum atomic E-state index is -1.28. The molecule has 1 aliphatic heterocycles. The summed E-state index contributed by atoms with van der Waals surface area (Å²) >= 11 is 0. The molecule has 4 N–H and O–H groups in total. The molecule has 0 spiro atoms. The van der Waals surface area contributed by atoms with Crippen LogP contribution in [0.5, 0.6) is 0 Å². The summed E-state index contributed by atoms with van der Waals surface area (Å²) in [4.78, 5) is 11.1. The van der Waals surface area contributed by atoms with Gasteiger partial charge in [-0.2, -0.15) is 0 Å². The second-order valence-corrected chi connectivity index (χ2v) is 4.62. The van der Waals surface area contributed by atoms with Crippen molar-refractivity contribution in [3.63, 3.8) is 0 Å². The van der Waals surface area contributed by atoms with Crippen molar-refractivity contribution in [1.82, 2.24) is 5.32 Å². The first-order chi connectivity index (χ1) is 8.36. The molecule has 1 aliphatic rings. The molecular weight excluding hydrogens is 242 g/mol. The fraction of sp³-hybridized carbons (Fsp3) is 0.909. The lowest BCUT2D eigenvalue weighted by Gasteiger charge is -2.42. The van der Waals surface area contributed by atoms with Crippen LogP contribution < -0.4 is 5.32 Å². The number of rotatable bonds is 4. The van der Waals surface area contributed by atoms with E-state index in [4.69, 9.17) is 14.6 Å². The van der Waals surface area contributed by atoms with Gasteiger partial charge in [0.05, 0.1) is 12.7 Å². The molecule has 106 valence electrons. The maximum Gasteiger partial charge on any atom is 0.217 e. The molecule has 0 aliphatic carbocycles. The van der Waals surface area contributed by atoms with E-state index in [1.165, 1.54) is 6.92 Å². The molecule has 0 aromatic rings. The van der Waals surface area contributed by atoms with Gasteiger partial charge in [-0.3, -0.25) is 4.79 Å². The van der Waals surface area contributed by atoms with Gasteiger partial charge in [-0.15, -0.1) is 0 Å². The number of aliphatic hydroxyl groups excluding tert-OH is 3. The zero-order valence-corrected chi connectivity index (χ0v) is 10.7. The second kappa shape index (κ2) is 6.44. The molecule has 1 saturated heterocycles. The Labute approximate surface area is 106 Å². The van der Waals surface area contributed by atoms with Crippen LogP contribution >= 0.6 is 0 Å². The predicted octanol–water partition coefficient (Wildman–Crippen LogP) is -1.64. The molecule has 0 aromatic heterocycles.